The Morgan fingerprint density at radius 3 is 2.23 bits per heavy atom. The summed E-state index contributed by atoms with van der Waals surface area (Å²) in [5.41, 5.74) is 1.05. The van der Waals surface area contributed by atoms with Crippen molar-refractivity contribution in [2.24, 2.45) is 0 Å². The number of carbonyl (C=O) groups excluding carboxylic acids is 3. The summed E-state index contributed by atoms with van der Waals surface area (Å²) in [5.74, 6) is -0.961. The van der Waals surface area contributed by atoms with Crippen molar-refractivity contribution >= 4 is 23.5 Å². The lowest BCUT2D eigenvalue weighted by atomic mass is 9.90. The van der Waals surface area contributed by atoms with Crippen LogP contribution in [0.5, 0.6) is 0 Å². The number of likely N-dealkylation sites (N-methyl/N-ethyl adjacent to an activating group) is 1. The van der Waals surface area contributed by atoms with Crippen LogP contribution in [0.4, 0.5) is 14.9 Å². The van der Waals surface area contributed by atoms with Crippen molar-refractivity contribution in [2.75, 3.05) is 18.0 Å². The smallest absolute Gasteiger partial charge is 0.319 e. The zero-order valence-corrected chi connectivity index (χ0v) is 17.6. The molecule has 4 amide bonds. The number of benzene rings is 2. The summed E-state index contributed by atoms with van der Waals surface area (Å²) >= 11 is 0. The molecule has 2 aromatic carbocycles. The summed E-state index contributed by atoms with van der Waals surface area (Å²) in [6, 6.07) is 12.4. The lowest BCUT2D eigenvalue weighted by molar-refractivity contribution is -0.134. The van der Waals surface area contributed by atoms with E-state index in [1.54, 1.807) is 13.8 Å². The molecule has 0 radical (unpaired) electrons. The number of hydrogen-bond donors (Lipinski definition) is 1. The number of nitrogens with one attached hydrogen (secondary N) is 1. The highest BCUT2D eigenvalue weighted by Crippen LogP contribution is 2.30. The molecule has 7 heteroatoms. The van der Waals surface area contributed by atoms with Crippen LogP contribution >= 0.6 is 0 Å². The Hall–Kier alpha value is -3.22. The van der Waals surface area contributed by atoms with E-state index in [-0.39, 0.29) is 0 Å². The number of rotatable bonds is 6. The van der Waals surface area contributed by atoms with Crippen molar-refractivity contribution < 1.29 is 18.8 Å². The highest BCUT2D eigenvalue weighted by Gasteiger charge is 2.49. The molecular weight excluding hydrogens is 385 g/mol. The number of anilines is 1. The molecule has 0 saturated carbocycles. The molecule has 0 spiro atoms. The highest BCUT2D eigenvalue weighted by atomic mass is 19.1. The Kier molecular flexibility index (Phi) is 5.92. The van der Waals surface area contributed by atoms with Crippen LogP contribution in [0, 0.1) is 5.82 Å². The fraction of sp³-hybridized carbons (Fsp3) is 0.348. The van der Waals surface area contributed by atoms with Gasteiger partial charge in [-0.15, -0.1) is 0 Å². The molecule has 158 valence electrons. The number of halogens is 1. The first-order valence-corrected chi connectivity index (χ1v) is 9.98. The molecule has 1 heterocycles. The van der Waals surface area contributed by atoms with Crippen LogP contribution < -0.4 is 10.2 Å². The van der Waals surface area contributed by atoms with E-state index >= 15 is 0 Å². The van der Waals surface area contributed by atoms with Gasteiger partial charge in [0.15, 0.2) is 0 Å². The van der Waals surface area contributed by atoms with Gasteiger partial charge in [-0.05, 0) is 55.2 Å². The quantitative estimate of drug-likeness (QED) is 0.736. The number of amides is 4. The van der Waals surface area contributed by atoms with Gasteiger partial charge >= 0.3 is 6.03 Å². The second-order valence-electron chi connectivity index (χ2n) is 7.84. The van der Waals surface area contributed by atoms with E-state index in [1.807, 2.05) is 24.3 Å². The van der Waals surface area contributed by atoms with E-state index in [9.17, 15) is 18.8 Å². The van der Waals surface area contributed by atoms with E-state index in [0.29, 0.717) is 23.7 Å². The molecule has 2 aromatic rings. The van der Waals surface area contributed by atoms with Gasteiger partial charge < -0.3 is 10.2 Å². The maximum atomic E-state index is 13.2. The summed E-state index contributed by atoms with van der Waals surface area (Å²) in [7, 11) is 0. The minimum absolute atomic E-state index is 0.321. The molecule has 1 N–H and O–H groups in total. The SMILES string of the molecule is CCN(C(=O)CN1C(=O)NC(C)(c2ccc(C(C)C)cc2)C1=O)c1ccc(F)cc1. The average Bonchev–Trinajstić information content (AvgIpc) is 2.94. The number of imide groups is 1. The monoisotopic (exact) mass is 411 g/mol. The van der Waals surface area contributed by atoms with Crippen LogP contribution in [-0.4, -0.2) is 35.8 Å². The first-order valence-electron chi connectivity index (χ1n) is 9.98. The molecule has 0 bridgehead atoms. The molecule has 6 nitrogen and oxygen atoms in total. The van der Waals surface area contributed by atoms with Gasteiger partial charge in [-0.2, -0.15) is 0 Å². The topological polar surface area (TPSA) is 69.7 Å². The first kappa shape index (κ1) is 21.5. The molecule has 3 rings (SSSR count). The van der Waals surface area contributed by atoms with E-state index in [2.05, 4.69) is 19.2 Å². The molecule has 1 unspecified atom stereocenters. The molecule has 0 aliphatic carbocycles. The summed E-state index contributed by atoms with van der Waals surface area (Å²) in [6.07, 6.45) is 0. The maximum absolute atomic E-state index is 13.2. The Balaban J connectivity index is 1.80. The van der Waals surface area contributed by atoms with Crippen molar-refractivity contribution in [3.8, 4) is 0 Å². The van der Waals surface area contributed by atoms with Gasteiger partial charge in [-0.3, -0.25) is 14.5 Å². The van der Waals surface area contributed by atoms with Gasteiger partial charge in [0, 0.05) is 12.2 Å². The lowest BCUT2D eigenvalue weighted by Crippen LogP contribution is -2.44. The lowest BCUT2D eigenvalue weighted by Gasteiger charge is -2.25. The minimum Gasteiger partial charge on any atom is -0.319 e. The summed E-state index contributed by atoms with van der Waals surface area (Å²) in [4.78, 5) is 40.8. The van der Waals surface area contributed by atoms with E-state index in [1.165, 1.54) is 29.2 Å². The van der Waals surface area contributed by atoms with Gasteiger partial charge in [0.05, 0.1) is 0 Å². The number of carbonyl (C=O) groups is 3. The maximum Gasteiger partial charge on any atom is 0.325 e. The molecule has 1 atom stereocenters. The number of urea groups is 1. The van der Waals surface area contributed by atoms with Gasteiger partial charge in [0.1, 0.15) is 17.9 Å². The van der Waals surface area contributed by atoms with Crippen molar-refractivity contribution in [3.63, 3.8) is 0 Å². The second-order valence-corrected chi connectivity index (χ2v) is 7.84. The number of nitrogens with zero attached hydrogens (tertiary/aromatic N) is 2. The Morgan fingerprint density at radius 1 is 1.10 bits per heavy atom. The molecule has 1 saturated heterocycles. The fourth-order valence-corrected chi connectivity index (χ4v) is 3.58. The van der Waals surface area contributed by atoms with Crippen molar-refractivity contribution in [3.05, 3.63) is 65.5 Å². The molecule has 1 aliphatic heterocycles. The van der Waals surface area contributed by atoms with Crippen LogP contribution in [0.25, 0.3) is 0 Å². The third-order valence-corrected chi connectivity index (χ3v) is 5.48. The van der Waals surface area contributed by atoms with Gasteiger partial charge in [-0.1, -0.05) is 38.1 Å². The van der Waals surface area contributed by atoms with Crippen LogP contribution in [-0.2, 0) is 15.1 Å². The molecular formula is C23H26FN3O3. The van der Waals surface area contributed by atoms with Crippen LogP contribution in [0.15, 0.2) is 48.5 Å². The van der Waals surface area contributed by atoms with Gasteiger partial charge in [0.2, 0.25) is 5.91 Å². The largest absolute Gasteiger partial charge is 0.325 e. The Labute approximate surface area is 175 Å². The third-order valence-electron chi connectivity index (χ3n) is 5.48. The van der Waals surface area contributed by atoms with Crippen LogP contribution in [0.1, 0.15) is 44.7 Å². The highest BCUT2D eigenvalue weighted by molar-refractivity contribution is 6.10. The predicted molar refractivity (Wildman–Crippen MR) is 113 cm³/mol. The normalized spacial score (nSPS) is 18.7. The zero-order chi connectivity index (χ0) is 22.1. The average molecular weight is 411 g/mol. The minimum atomic E-state index is -1.24. The van der Waals surface area contributed by atoms with Crippen molar-refractivity contribution in [2.45, 2.75) is 39.2 Å². The molecule has 30 heavy (non-hydrogen) atoms. The third kappa shape index (κ3) is 3.92. The predicted octanol–water partition coefficient (Wildman–Crippen LogP) is 3.77. The Morgan fingerprint density at radius 2 is 1.70 bits per heavy atom. The Bertz CT molecular complexity index is 957. The van der Waals surface area contributed by atoms with Crippen LogP contribution in [0.3, 0.4) is 0 Å². The molecule has 1 fully saturated rings. The van der Waals surface area contributed by atoms with Crippen LogP contribution in [0.2, 0.25) is 0 Å². The van der Waals surface area contributed by atoms with Crippen molar-refractivity contribution in [1.29, 1.82) is 0 Å². The first-order chi connectivity index (χ1) is 14.2. The summed E-state index contributed by atoms with van der Waals surface area (Å²) in [5, 5.41) is 2.72. The molecule has 0 aromatic heterocycles. The fourth-order valence-electron chi connectivity index (χ4n) is 3.58. The van der Waals surface area contributed by atoms with Crippen molar-refractivity contribution in [1.82, 2.24) is 10.2 Å². The van der Waals surface area contributed by atoms with E-state index < -0.39 is 35.7 Å². The second kappa shape index (κ2) is 8.26. The molecule has 1 aliphatic rings. The summed E-state index contributed by atoms with van der Waals surface area (Å²) in [6.45, 7) is 7.49. The van der Waals surface area contributed by atoms with E-state index in [4.69, 9.17) is 0 Å². The number of hydrogen-bond acceptors (Lipinski definition) is 3. The van der Waals surface area contributed by atoms with E-state index in [0.717, 1.165) is 10.5 Å². The summed E-state index contributed by atoms with van der Waals surface area (Å²) < 4.78 is 13.2. The zero-order valence-electron chi connectivity index (χ0n) is 17.6. The van der Waals surface area contributed by atoms with Gasteiger partial charge in [0.25, 0.3) is 5.91 Å². The standard InChI is InChI=1S/C23H26FN3O3/c1-5-26(19-12-10-18(24)11-13-19)20(28)14-27-21(29)23(4,25-22(27)30)17-8-6-16(7-9-17)15(2)3/h6-13,15H,5,14H2,1-4H3,(H,25,30). The van der Waals surface area contributed by atoms with Gasteiger partial charge in [-0.25, -0.2) is 9.18 Å².